The van der Waals surface area contributed by atoms with Crippen molar-refractivity contribution >= 4 is 44.8 Å². The summed E-state index contributed by atoms with van der Waals surface area (Å²) in [6.45, 7) is 4.49. The molecule has 0 spiro atoms. The van der Waals surface area contributed by atoms with Crippen LogP contribution in [0.4, 0.5) is 11.4 Å². The molecule has 0 unspecified atom stereocenters. The molecule has 0 radical (unpaired) electrons. The van der Waals surface area contributed by atoms with Gasteiger partial charge in [0.25, 0.3) is 15.7 Å². The van der Waals surface area contributed by atoms with E-state index in [1.165, 1.54) is 49.3 Å². The van der Waals surface area contributed by atoms with E-state index in [2.05, 4.69) is 5.32 Å². The number of amides is 2. The van der Waals surface area contributed by atoms with E-state index in [0.29, 0.717) is 12.0 Å². The van der Waals surface area contributed by atoms with Crippen molar-refractivity contribution in [3.8, 4) is 5.75 Å². The number of anilines is 1. The van der Waals surface area contributed by atoms with E-state index in [4.69, 9.17) is 16.3 Å². The Hall–Kier alpha value is -4.94. The van der Waals surface area contributed by atoms with Crippen molar-refractivity contribution in [3.05, 3.63) is 129 Å². The van der Waals surface area contributed by atoms with Crippen LogP contribution >= 0.6 is 11.6 Å². The Labute approximate surface area is 291 Å². The van der Waals surface area contributed by atoms with Gasteiger partial charge < -0.3 is 15.0 Å². The average molecular weight is 707 g/mol. The van der Waals surface area contributed by atoms with Crippen molar-refractivity contribution in [1.29, 1.82) is 0 Å². The highest BCUT2D eigenvalue weighted by molar-refractivity contribution is 7.92. The number of halogens is 1. The third kappa shape index (κ3) is 9.15. The number of hydrogen-bond donors (Lipinski definition) is 1. The van der Waals surface area contributed by atoms with E-state index in [1.54, 1.807) is 12.1 Å². The number of aryl methyl sites for hydroxylation is 1. The normalized spacial score (nSPS) is 12.4. The topological polar surface area (TPSA) is 139 Å². The van der Waals surface area contributed by atoms with Gasteiger partial charge in [-0.25, -0.2) is 8.42 Å². The van der Waals surface area contributed by atoms with Crippen LogP contribution in [0.2, 0.25) is 5.02 Å². The maximum atomic E-state index is 14.7. The molecule has 0 saturated heterocycles. The number of rotatable bonds is 15. The van der Waals surface area contributed by atoms with E-state index in [1.807, 2.05) is 62.4 Å². The van der Waals surface area contributed by atoms with Crippen molar-refractivity contribution < 1.29 is 27.7 Å². The fourth-order valence-corrected chi connectivity index (χ4v) is 6.82. The zero-order valence-electron chi connectivity index (χ0n) is 27.7. The van der Waals surface area contributed by atoms with Gasteiger partial charge in [-0.3, -0.25) is 24.0 Å². The molecule has 2 atom stereocenters. The molecule has 0 aliphatic carbocycles. The number of ether oxygens (including phenoxy) is 1. The Morgan fingerprint density at radius 2 is 1.59 bits per heavy atom. The summed E-state index contributed by atoms with van der Waals surface area (Å²) in [5.74, 6) is -1.00. The Morgan fingerprint density at radius 3 is 2.18 bits per heavy atom. The minimum Gasteiger partial charge on any atom is -0.495 e. The van der Waals surface area contributed by atoms with Crippen LogP contribution in [0.5, 0.6) is 5.75 Å². The van der Waals surface area contributed by atoms with Crippen molar-refractivity contribution in [3.63, 3.8) is 0 Å². The number of carbonyl (C=O) groups is 2. The fraction of sp³-hybridized carbons (Fsp3) is 0.278. The molecule has 4 aromatic carbocycles. The van der Waals surface area contributed by atoms with Gasteiger partial charge in [0, 0.05) is 35.7 Å². The number of hydrogen-bond acceptors (Lipinski definition) is 7. The van der Waals surface area contributed by atoms with Gasteiger partial charge in [-0.15, -0.1) is 0 Å². The molecule has 11 nitrogen and oxygen atoms in total. The number of nitrogens with one attached hydrogen (secondary N) is 1. The van der Waals surface area contributed by atoms with E-state index >= 15 is 0 Å². The number of methoxy groups -OCH3 is 1. The van der Waals surface area contributed by atoms with E-state index < -0.39 is 49.9 Å². The summed E-state index contributed by atoms with van der Waals surface area (Å²) in [6, 6.07) is 24.9. The molecule has 0 aliphatic heterocycles. The lowest BCUT2D eigenvalue weighted by Crippen LogP contribution is -2.54. The van der Waals surface area contributed by atoms with Gasteiger partial charge in [0.1, 0.15) is 18.3 Å². The van der Waals surface area contributed by atoms with Crippen molar-refractivity contribution in [2.75, 3.05) is 18.0 Å². The fourth-order valence-electron chi connectivity index (χ4n) is 5.22. The third-order valence-corrected chi connectivity index (χ3v) is 10.1. The van der Waals surface area contributed by atoms with Crippen LogP contribution in [-0.2, 0) is 32.6 Å². The lowest BCUT2D eigenvalue weighted by molar-refractivity contribution is -0.385. The zero-order chi connectivity index (χ0) is 35.7. The molecule has 4 rings (SSSR count). The minimum atomic E-state index is -4.66. The van der Waals surface area contributed by atoms with Crippen LogP contribution in [-0.4, -0.2) is 55.8 Å². The molecule has 258 valence electrons. The number of sulfonamides is 1. The molecule has 49 heavy (non-hydrogen) atoms. The summed E-state index contributed by atoms with van der Waals surface area (Å²) in [5.41, 5.74) is 1.31. The second-order valence-corrected chi connectivity index (χ2v) is 13.9. The van der Waals surface area contributed by atoms with Gasteiger partial charge in [-0.2, -0.15) is 0 Å². The number of carbonyl (C=O) groups excluding carboxylic acids is 2. The molecule has 0 heterocycles. The second-order valence-electron chi connectivity index (χ2n) is 11.6. The van der Waals surface area contributed by atoms with E-state index in [0.717, 1.165) is 15.9 Å². The first-order chi connectivity index (χ1) is 23.3. The average Bonchev–Trinajstić information content (AvgIpc) is 3.09. The van der Waals surface area contributed by atoms with Gasteiger partial charge >= 0.3 is 0 Å². The minimum absolute atomic E-state index is 0.0122. The first kappa shape index (κ1) is 36.9. The van der Waals surface area contributed by atoms with Crippen LogP contribution in [0.1, 0.15) is 37.0 Å². The second kappa shape index (κ2) is 16.4. The summed E-state index contributed by atoms with van der Waals surface area (Å²) in [5, 5.41) is 14.9. The summed E-state index contributed by atoms with van der Waals surface area (Å²) in [4.78, 5) is 40.7. The molecule has 2 amide bonds. The van der Waals surface area contributed by atoms with Crippen LogP contribution in [0.25, 0.3) is 0 Å². The predicted molar refractivity (Wildman–Crippen MR) is 189 cm³/mol. The Balaban J connectivity index is 1.88. The van der Waals surface area contributed by atoms with Gasteiger partial charge in [-0.1, -0.05) is 85.3 Å². The zero-order valence-corrected chi connectivity index (χ0v) is 29.3. The monoisotopic (exact) mass is 706 g/mol. The molecular formula is C36H39ClN4O7S. The molecule has 4 aromatic rings. The standard InChI is InChI=1S/C36H39ClN4O7S/c1-5-26(3)38-36(43)33(20-27-12-8-6-9-13-27)39(23-28-14-10-7-11-15-28)35(42)24-40(32-21-29(37)17-19-34(32)48-4)49(46,47)30-18-16-25(2)31(22-30)41(44)45/h6-19,21-22,26,33H,5,20,23-24H2,1-4H3,(H,38,43)/t26-,33-/m1/s1. The first-order valence-corrected chi connectivity index (χ1v) is 17.5. The van der Waals surface area contributed by atoms with Crippen LogP contribution < -0.4 is 14.4 Å². The Bertz CT molecular complexity index is 1890. The van der Waals surface area contributed by atoms with Crippen LogP contribution in [0, 0.1) is 17.0 Å². The number of nitrogens with zero attached hydrogens (tertiary/aromatic N) is 3. The Morgan fingerprint density at radius 1 is 0.959 bits per heavy atom. The highest BCUT2D eigenvalue weighted by atomic mass is 35.5. The van der Waals surface area contributed by atoms with Crippen LogP contribution in [0.15, 0.2) is 102 Å². The summed E-state index contributed by atoms with van der Waals surface area (Å²) >= 11 is 6.34. The molecule has 0 aliphatic rings. The lowest BCUT2D eigenvalue weighted by atomic mass is 10.0. The van der Waals surface area contributed by atoms with Gasteiger partial charge in [0.2, 0.25) is 11.8 Å². The van der Waals surface area contributed by atoms with E-state index in [-0.39, 0.29) is 41.0 Å². The van der Waals surface area contributed by atoms with Gasteiger partial charge in [0.15, 0.2) is 0 Å². The number of benzene rings is 4. The molecule has 0 bridgehead atoms. The Kier molecular flexibility index (Phi) is 12.4. The summed E-state index contributed by atoms with van der Waals surface area (Å²) in [6.07, 6.45) is 0.804. The molecule has 1 N–H and O–H groups in total. The first-order valence-electron chi connectivity index (χ1n) is 15.6. The third-order valence-electron chi connectivity index (χ3n) is 8.12. The molecule has 0 fully saturated rings. The quantitative estimate of drug-likeness (QED) is 0.113. The maximum absolute atomic E-state index is 14.7. The highest BCUT2D eigenvalue weighted by Crippen LogP contribution is 2.36. The number of nitro benzene ring substituents is 1. The highest BCUT2D eigenvalue weighted by Gasteiger charge is 2.36. The predicted octanol–water partition coefficient (Wildman–Crippen LogP) is 6.32. The molecule has 0 aromatic heterocycles. The van der Waals surface area contributed by atoms with E-state index in [9.17, 15) is 28.1 Å². The summed E-state index contributed by atoms with van der Waals surface area (Å²) in [7, 11) is -3.32. The van der Waals surface area contributed by atoms with Gasteiger partial charge in [0.05, 0.1) is 22.6 Å². The van der Waals surface area contributed by atoms with Gasteiger partial charge in [-0.05, 0) is 55.7 Å². The molecule has 13 heteroatoms. The molecule has 0 saturated carbocycles. The van der Waals surface area contributed by atoms with Crippen LogP contribution in [0.3, 0.4) is 0 Å². The lowest BCUT2D eigenvalue weighted by Gasteiger charge is -2.34. The maximum Gasteiger partial charge on any atom is 0.273 e. The number of nitro groups is 1. The molecular weight excluding hydrogens is 668 g/mol. The SMILES string of the molecule is CC[C@@H](C)NC(=O)[C@@H](Cc1ccccc1)N(Cc1ccccc1)C(=O)CN(c1cc(Cl)ccc1OC)S(=O)(=O)c1ccc(C)c([N+](=O)[O-])c1. The van der Waals surface area contributed by atoms with Crippen molar-refractivity contribution in [2.24, 2.45) is 0 Å². The van der Waals surface area contributed by atoms with Crippen molar-refractivity contribution in [1.82, 2.24) is 10.2 Å². The summed E-state index contributed by atoms with van der Waals surface area (Å²) < 4.78 is 35.2. The van der Waals surface area contributed by atoms with Crippen molar-refractivity contribution in [2.45, 2.75) is 57.1 Å². The largest absolute Gasteiger partial charge is 0.495 e. The smallest absolute Gasteiger partial charge is 0.273 e.